The van der Waals surface area contributed by atoms with Crippen LogP contribution in [0.4, 0.5) is 0 Å². The minimum absolute atomic E-state index is 0.405. The molecule has 0 aromatic heterocycles. The fourth-order valence-corrected chi connectivity index (χ4v) is 2.56. The first-order chi connectivity index (χ1) is 8.27. The zero-order chi connectivity index (χ0) is 12.3. The third-order valence-corrected chi connectivity index (χ3v) is 3.54. The molecule has 0 spiro atoms. The first-order valence-corrected chi connectivity index (χ1v) is 6.50. The molecule has 1 atom stereocenters. The second-order valence-corrected chi connectivity index (χ2v) is 4.72. The van der Waals surface area contributed by atoms with Gasteiger partial charge in [0, 0.05) is 16.5 Å². The average molecular weight is 248 g/mol. The first kappa shape index (κ1) is 12.4. The lowest BCUT2D eigenvalue weighted by Gasteiger charge is -2.18. The minimum Gasteiger partial charge on any atom is -0.313 e. The summed E-state index contributed by atoms with van der Waals surface area (Å²) in [6, 6.07) is 12.9. The lowest BCUT2D eigenvalue weighted by Crippen LogP contribution is -2.16. The summed E-state index contributed by atoms with van der Waals surface area (Å²) in [5, 5.41) is 6.62. The Kier molecular flexibility index (Phi) is 4.03. The molecule has 1 N–H and O–H groups in total. The summed E-state index contributed by atoms with van der Waals surface area (Å²) in [6.45, 7) is 2.21. The average Bonchev–Trinajstić information content (AvgIpc) is 2.37. The molecule has 0 radical (unpaired) electrons. The highest BCUT2D eigenvalue weighted by atomic mass is 35.5. The van der Waals surface area contributed by atoms with Crippen LogP contribution in [0.25, 0.3) is 10.8 Å². The van der Waals surface area contributed by atoms with Crippen molar-refractivity contribution in [3.05, 3.63) is 47.0 Å². The molecule has 0 heterocycles. The number of rotatable bonds is 4. The van der Waals surface area contributed by atoms with Gasteiger partial charge in [-0.2, -0.15) is 0 Å². The van der Waals surface area contributed by atoms with Crippen molar-refractivity contribution in [2.75, 3.05) is 7.05 Å². The topological polar surface area (TPSA) is 12.0 Å². The first-order valence-electron chi connectivity index (χ1n) is 6.12. The highest BCUT2D eigenvalue weighted by Crippen LogP contribution is 2.31. The van der Waals surface area contributed by atoms with Gasteiger partial charge in [-0.1, -0.05) is 55.3 Å². The third kappa shape index (κ3) is 2.46. The van der Waals surface area contributed by atoms with E-state index in [1.54, 1.807) is 0 Å². The zero-order valence-electron chi connectivity index (χ0n) is 10.3. The molecule has 1 unspecified atom stereocenters. The van der Waals surface area contributed by atoms with E-state index in [0.29, 0.717) is 6.04 Å². The molecule has 0 aliphatic carbocycles. The van der Waals surface area contributed by atoms with Crippen LogP contribution in [-0.4, -0.2) is 7.05 Å². The second kappa shape index (κ2) is 5.52. The normalized spacial score (nSPS) is 12.9. The van der Waals surface area contributed by atoms with Gasteiger partial charge >= 0.3 is 0 Å². The summed E-state index contributed by atoms with van der Waals surface area (Å²) in [5.74, 6) is 0. The molecule has 2 aromatic rings. The monoisotopic (exact) mass is 247 g/mol. The molecule has 90 valence electrons. The van der Waals surface area contributed by atoms with Crippen molar-refractivity contribution in [1.82, 2.24) is 5.32 Å². The van der Waals surface area contributed by atoms with Crippen molar-refractivity contribution < 1.29 is 0 Å². The predicted molar refractivity (Wildman–Crippen MR) is 75.7 cm³/mol. The van der Waals surface area contributed by atoms with Gasteiger partial charge in [-0.15, -0.1) is 0 Å². The molecule has 0 saturated heterocycles. The van der Waals surface area contributed by atoms with E-state index in [9.17, 15) is 0 Å². The predicted octanol–water partition coefficient (Wildman–Crippen LogP) is 4.55. The van der Waals surface area contributed by atoms with Crippen LogP contribution in [-0.2, 0) is 0 Å². The van der Waals surface area contributed by atoms with Gasteiger partial charge in [-0.05, 0) is 30.5 Å². The maximum Gasteiger partial charge on any atom is 0.0484 e. The number of halogens is 1. The van der Waals surface area contributed by atoms with E-state index in [4.69, 9.17) is 11.6 Å². The number of hydrogen-bond acceptors (Lipinski definition) is 1. The number of hydrogen-bond donors (Lipinski definition) is 1. The van der Waals surface area contributed by atoms with Gasteiger partial charge in [0.25, 0.3) is 0 Å². The van der Waals surface area contributed by atoms with Crippen molar-refractivity contribution in [1.29, 1.82) is 0 Å². The molecule has 0 saturated carbocycles. The van der Waals surface area contributed by atoms with Crippen LogP contribution in [0, 0.1) is 0 Å². The van der Waals surface area contributed by atoms with Gasteiger partial charge in [0.15, 0.2) is 0 Å². The number of nitrogens with one attached hydrogen (secondary N) is 1. The summed E-state index contributed by atoms with van der Waals surface area (Å²) in [5.41, 5.74) is 1.34. The Morgan fingerprint density at radius 1 is 1.12 bits per heavy atom. The van der Waals surface area contributed by atoms with E-state index in [1.807, 2.05) is 19.2 Å². The molecule has 0 bridgehead atoms. The van der Waals surface area contributed by atoms with Crippen LogP contribution in [0.1, 0.15) is 31.4 Å². The summed E-state index contributed by atoms with van der Waals surface area (Å²) in [6.07, 6.45) is 2.31. The molecule has 2 heteroatoms. The number of fused-ring (bicyclic) bond motifs is 1. The molecule has 17 heavy (non-hydrogen) atoms. The van der Waals surface area contributed by atoms with Gasteiger partial charge in [0.1, 0.15) is 0 Å². The Balaban J connectivity index is 2.57. The molecule has 0 amide bonds. The van der Waals surface area contributed by atoms with Crippen molar-refractivity contribution in [3.8, 4) is 0 Å². The van der Waals surface area contributed by atoms with E-state index in [1.165, 1.54) is 17.4 Å². The highest BCUT2D eigenvalue weighted by Gasteiger charge is 2.12. The van der Waals surface area contributed by atoms with E-state index in [-0.39, 0.29) is 0 Å². The SMILES string of the molecule is CCCC(NC)c1ccc(Cl)c2ccccc12. The Morgan fingerprint density at radius 2 is 1.82 bits per heavy atom. The van der Waals surface area contributed by atoms with E-state index < -0.39 is 0 Å². The van der Waals surface area contributed by atoms with Gasteiger partial charge in [0.2, 0.25) is 0 Å². The maximum absolute atomic E-state index is 6.23. The standard InChI is InChI=1S/C15H18ClN/c1-3-6-15(17-2)13-9-10-14(16)12-8-5-4-7-11(12)13/h4-5,7-10,15,17H,3,6H2,1-2H3. The lowest BCUT2D eigenvalue weighted by molar-refractivity contribution is 0.545. The molecule has 0 aliphatic heterocycles. The molecule has 2 aromatic carbocycles. The van der Waals surface area contributed by atoms with Crippen LogP contribution in [0.5, 0.6) is 0 Å². The van der Waals surface area contributed by atoms with Crippen LogP contribution in [0.15, 0.2) is 36.4 Å². The van der Waals surface area contributed by atoms with Crippen LogP contribution in [0.2, 0.25) is 5.02 Å². The Morgan fingerprint density at radius 3 is 2.47 bits per heavy atom. The van der Waals surface area contributed by atoms with E-state index >= 15 is 0 Å². The fourth-order valence-electron chi connectivity index (χ4n) is 2.33. The van der Waals surface area contributed by atoms with Gasteiger partial charge in [-0.25, -0.2) is 0 Å². The Labute approximate surface area is 108 Å². The highest BCUT2D eigenvalue weighted by molar-refractivity contribution is 6.35. The van der Waals surface area contributed by atoms with Gasteiger partial charge in [0.05, 0.1) is 0 Å². The third-order valence-electron chi connectivity index (χ3n) is 3.21. The Hall–Kier alpha value is -1.05. The van der Waals surface area contributed by atoms with Crippen molar-refractivity contribution >= 4 is 22.4 Å². The second-order valence-electron chi connectivity index (χ2n) is 4.31. The molecular weight excluding hydrogens is 230 g/mol. The molecule has 0 aliphatic rings. The van der Waals surface area contributed by atoms with Crippen molar-refractivity contribution in [2.24, 2.45) is 0 Å². The molecule has 2 rings (SSSR count). The van der Waals surface area contributed by atoms with Crippen LogP contribution >= 0.6 is 11.6 Å². The largest absolute Gasteiger partial charge is 0.313 e. The van der Waals surface area contributed by atoms with Crippen molar-refractivity contribution in [3.63, 3.8) is 0 Å². The van der Waals surface area contributed by atoms with Gasteiger partial charge in [-0.3, -0.25) is 0 Å². The molecule has 0 fully saturated rings. The van der Waals surface area contributed by atoms with Crippen LogP contribution < -0.4 is 5.32 Å². The van der Waals surface area contributed by atoms with E-state index in [2.05, 4.69) is 36.5 Å². The summed E-state index contributed by atoms with van der Waals surface area (Å²) in [7, 11) is 2.02. The minimum atomic E-state index is 0.405. The Bertz CT molecular complexity index is 507. The lowest BCUT2D eigenvalue weighted by atomic mass is 9.96. The summed E-state index contributed by atoms with van der Waals surface area (Å²) in [4.78, 5) is 0. The van der Waals surface area contributed by atoms with Crippen molar-refractivity contribution in [2.45, 2.75) is 25.8 Å². The summed E-state index contributed by atoms with van der Waals surface area (Å²) < 4.78 is 0. The molecular formula is C15H18ClN. The number of benzene rings is 2. The van der Waals surface area contributed by atoms with E-state index in [0.717, 1.165) is 16.8 Å². The smallest absolute Gasteiger partial charge is 0.0484 e. The quantitative estimate of drug-likeness (QED) is 0.836. The zero-order valence-corrected chi connectivity index (χ0v) is 11.1. The summed E-state index contributed by atoms with van der Waals surface area (Å²) >= 11 is 6.23. The fraction of sp³-hybridized carbons (Fsp3) is 0.333. The van der Waals surface area contributed by atoms with Crippen LogP contribution in [0.3, 0.4) is 0 Å². The molecule has 1 nitrogen and oxygen atoms in total. The maximum atomic E-state index is 6.23. The van der Waals surface area contributed by atoms with Gasteiger partial charge < -0.3 is 5.32 Å².